The number of hydrogen-bond acceptors (Lipinski definition) is 5. The van der Waals surface area contributed by atoms with E-state index in [0.717, 1.165) is 5.56 Å². The van der Waals surface area contributed by atoms with Crippen molar-refractivity contribution >= 4 is 27.6 Å². The van der Waals surface area contributed by atoms with E-state index in [9.17, 15) is 18.0 Å². The van der Waals surface area contributed by atoms with Crippen LogP contribution in [0.15, 0.2) is 59.5 Å². The van der Waals surface area contributed by atoms with Crippen LogP contribution >= 0.6 is 0 Å². The highest BCUT2D eigenvalue weighted by Gasteiger charge is 2.20. The molecule has 0 spiro atoms. The first kappa shape index (κ1) is 19.6. The van der Waals surface area contributed by atoms with Gasteiger partial charge in [-0.2, -0.15) is 4.72 Å². The van der Waals surface area contributed by atoms with Crippen LogP contribution in [-0.2, 0) is 24.3 Å². The molecule has 0 saturated carbocycles. The molecule has 8 heteroatoms. The summed E-state index contributed by atoms with van der Waals surface area (Å²) < 4.78 is 31.2. The summed E-state index contributed by atoms with van der Waals surface area (Å²) in [5.41, 5.74) is 1.63. The van der Waals surface area contributed by atoms with E-state index in [1.165, 1.54) is 19.1 Å². The van der Waals surface area contributed by atoms with E-state index in [4.69, 9.17) is 4.74 Å². The SMILES string of the molecule is Cc1ccc(NC(=O)[C@H](C)OC(=O)CNS(=O)(=O)c2ccccc2)cc1. The monoisotopic (exact) mass is 376 g/mol. The van der Waals surface area contributed by atoms with Crippen molar-refractivity contribution in [1.82, 2.24) is 4.72 Å². The summed E-state index contributed by atoms with van der Waals surface area (Å²) in [6.07, 6.45) is -1.06. The van der Waals surface area contributed by atoms with Gasteiger partial charge in [0, 0.05) is 5.69 Å². The van der Waals surface area contributed by atoms with E-state index < -0.39 is 34.5 Å². The summed E-state index contributed by atoms with van der Waals surface area (Å²) in [7, 11) is -3.82. The lowest BCUT2D eigenvalue weighted by Crippen LogP contribution is -2.35. The minimum Gasteiger partial charge on any atom is -0.452 e. The third-order valence-electron chi connectivity index (χ3n) is 3.46. The van der Waals surface area contributed by atoms with Gasteiger partial charge in [0.2, 0.25) is 10.0 Å². The fraction of sp³-hybridized carbons (Fsp3) is 0.222. The molecule has 0 heterocycles. The number of ether oxygens (including phenoxy) is 1. The van der Waals surface area contributed by atoms with Gasteiger partial charge in [-0.1, -0.05) is 35.9 Å². The summed E-state index contributed by atoms with van der Waals surface area (Å²) >= 11 is 0. The van der Waals surface area contributed by atoms with E-state index in [2.05, 4.69) is 10.0 Å². The Labute approximate surface area is 152 Å². The molecule has 0 aliphatic carbocycles. The molecule has 0 aliphatic heterocycles. The van der Waals surface area contributed by atoms with Gasteiger partial charge in [-0.05, 0) is 38.1 Å². The van der Waals surface area contributed by atoms with Crippen molar-refractivity contribution in [3.63, 3.8) is 0 Å². The maximum atomic E-state index is 12.0. The van der Waals surface area contributed by atoms with Gasteiger partial charge in [0.1, 0.15) is 6.54 Å². The number of carbonyl (C=O) groups excluding carboxylic acids is 2. The standard InChI is InChI=1S/C18H20N2O5S/c1-13-8-10-15(11-9-13)20-18(22)14(2)25-17(21)12-19-26(23,24)16-6-4-3-5-7-16/h3-11,14,19H,12H2,1-2H3,(H,20,22)/t14-/m0/s1. The van der Waals surface area contributed by atoms with E-state index in [1.807, 2.05) is 19.1 Å². The normalized spacial score (nSPS) is 12.2. The lowest BCUT2D eigenvalue weighted by molar-refractivity contribution is -0.151. The minimum atomic E-state index is -3.82. The number of amides is 1. The number of benzene rings is 2. The Bertz CT molecular complexity index is 864. The quantitative estimate of drug-likeness (QED) is 0.718. The predicted molar refractivity (Wildman–Crippen MR) is 97.0 cm³/mol. The zero-order valence-electron chi connectivity index (χ0n) is 14.4. The van der Waals surface area contributed by atoms with Crippen molar-refractivity contribution in [2.75, 3.05) is 11.9 Å². The average molecular weight is 376 g/mol. The summed E-state index contributed by atoms with van der Waals surface area (Å²) in [6.45, 7) is 2.76. The Morgan fingerprint density at radius 2 is 1.65 bits per heavy atom. The molecule has 0 bridgehead atoms. The second-order valence-electron chi connectivity index (χ2n) is 5.62. The van der Waals surface area contributed by atoms with Crippen LogP contribution < -0.4 is 10.0 Å². The molecule has 0 fully saturated rings. The van der Waals surface area contributed by atoms with E-state index in [0.29, 0.717) is 5.69 Å². The number of rotatable bonds is 7. The number of aryl methyl sites for hydroxylation is 1. The van der Waals surface area contributed by atoms with Gasteiger partial charge >= 0.3 is 5.97 Å². The Hall–Kier alpha value is -2.71. The average Bonchev–Trinajstić information content (AvgIpc) is 2.62. The molecule has 1 amide bonds. The van der Waals surface area contributed by atoms with Crippen LogP contribution in [-0.4, -0.2) is 32.9 Å². The van der Waals surface area contributed by atoms with Gasteiger partial charge in [-0.15, -0.1) is 0 Å². The first-order valence-electron chi connectivity index (χ1n) is 7.89. The Balaban J connectivity index is 1.84. The van der Waals surface area contributed by atoms with Crippen LogP contribution in [0.4, 0.5) is 5.69 Å². The highest BCUT2D eigenvalue weighted by molar-refractivity contribution is 7.89. The Morgan fingerprint density at radius 3 is 2.27 bits per heavy atom. The Kier molecular flexibility index (Phi) is 6.48. The number of esters is 1. The first-order chi connectivity index (χ1) is 12.3. The molecule has 2 aromatic rings. The fourth-order valence-electron chi connectivity index (χ4n) is 2.01. The maximum Gasteiger partial charge on any atom is 0.321 e. The summed E-state index contributed by atoms with van der Waals surface area (Å²) in [5, 5.41) is 2.62. The van der Waals surface area contributed by atoms with Gasteiger partial charge in [-0.3, -0.25) is 9.59 Å². The molecule has 2 rings (SSSR count). The molecule has 0 radical (unpaired) electrons. The van der Waals surface area contributed by atoms with Crippen LogP contribution in [0.1, 0.15) is 12.5 Å². The molecule has 2 aromatic carbocycles. The van der Waals surface area contributed by atoms with Crippen LogP contribution in [0.3, 0.4) is 0 Å². The third kappa shape index (κ3) is 5.68. The largest absolute Gasteiger partial charge is 0.452 e. The molecule has 0 aliphatic rings. The van der Waals surface area contributed by atoms with Gasteiger partial charge in [0.25, 0.3) is 5.91 Å². The van der Waals surface area contributed by atoms with Crippen LogP contribution in [0.5, 0.6) is 0 Å². The van der Waals surface area contributed by atoms with Crippen molar-refractivity contribution in [2.24, 2.45) is 0 Å². The molecule has 26 heavy (non-hydrogen) atoms. The number of anilines is 1. The maximum absolute atomic E-state index is 12.0. The van der Waals surface area contributed by atoms with E-state index in [1.54, 1.807) is 30.3 Å². The third-order valence-corrected chi connectivity index (χ3v) is 4.87. The zero-order chi connectivity index (χ0) is 19.2. The highest BCUT2D eigenvalue weighted by atomic mass is 32.2. The van der Waals surface area contributed by atoms with Crippen molar-refractivity contribution < 1.29 is 22.7 Å². The molecular formula is C18H20N2O5S. The number of carbonyl (C=O) groups is 2. The van der Waals surface area contributed by atoms with E-state index >= 15 is 0 Å². The zero-order valence-corrected chi connectivity index (χ0v) is 15.2. The Morgan fingerprint density at radius 1 is 1.04 bits per heavy atom. The van der Waals surface area contributed by atoms with Gasteiger partial charge in [0.15, 0.2) is 6.10 Å². The van der Waals surface area contributed by atoms with Crippen molar-refractivity contribution in [1.29, 1.82) is 0 Å². The first-order valence-corrected chi connectivity index (χ1v) is 9.38. The van der Waals surface area contributed by atoms with Crippen LogP contribution in [0.25, 0.3) is 0 Å². The highest BCUT2D eigenvalue weighted by Crippen LogP contribution is 2.10. The van der Waals surface area contributed by atoms with Gasteiger partial charge < -0.3 is 10.1 Å². The summed E-state index contributed by atoms with van der Waals surface area (Å²) in [4.78, 5) is 23.9. The van der Waals surface area contributed by atoms with Crippen molar-refractivity contribution in [3.05, 3.63) is 60.2 Å². The van der Waals surface area contributed by atoms with Gasteiger partial charge in [-0.25, -0.2) is 8.42 Å². The van der Waals surface area contributed by atoms with Crippen molar-refractivity contribution in [3.8, 4) is 0 Å². The lowest BCUT2D eigenvalue weighted by atomic mass is 10.2. The second-order valence-corrected chi connectivity index (χ2v) is 7.39. The smallest absolute Gasteiger partial charge is 0.321 e. The minimum absolute atomic E-state index is 0.0398. The number of sulfonamides is 1. The summed E-state index contributed by atoms with van der Waals surface area (Å²) in [6, 6.07) is 14.8. The molecule has 7 nitrogen and oxygen atoms in total. The predicted octanol–water partition coefficient (Wildman–Crippen LogP) is 1.84. The van der Waals surface area contributed by atoms with Crippen LogP contribution in [0, 0.1) is 6.92 Å². The van der Waals surface area contributed by atoms with E-state index in [-0.39, 0.29) is 4.90 Å². The molecule has 0 aromatic heterocycles. The molecule has 1 atom stereocenters. The van der Waals surface area contributed by atoms with Crippen molar-refractivity contribution in [2.45, 2.75) is 24.8 Å². The molecule has 138 valence electrons. The molecule has 0 saturated heterocycles. The molecule has 0 unspecified atom stereocenters. The topological polar surface area (TPSA) is 102 Å². The molecule has 2 N–H and O–H groups in total. The number of hydrogen-bond donors (Lipinski definition) is 2. The lowest BCUT2D eigenvalue weighted by Gasteiger charge is -2.14. The summed E-state index contributed by atoms with van der Waals surface area (Å²) in [5.74, 6) is -1.36. The molecular weight excluding hydrogens is 356 g/mol. The fourth-order valence-corrected chi connectivity index (χ4v) is 3.00. The second kappa shape index (κ2) is 8.59. The van der Waals surface area contributed by atoms with Crippen LogP contribution in [0.2, 0.25) is 0 Å². The van der Waals surface area contributed by atoms with Gasteiger partial charge in [0.05, 0.1) is 4.90 Å². The number of nitrogens with one attached hydrogen (secondary N) is 2.